The van der Waals surface area contributed by atoms with Crippen LogP contribution >= 0.6 is 0 Å². The molecule has 0 aromatic carbocycles. The fraction of sp³-hybridized carbons (Fsp3) is 1.00. The summed E-state index contributed by atoms with van der Waals surface area (Å²) in [6, 6.07) is 0. The second-order valence-electron chi connectivity index (χ2n) is 6.85. The summed E-state index contributed by atoms with van der Waals surface area (Å²) in [5.41, 5.74) is 17.5. The van der Waals surface area contributed by atoms with Crippen LogP contribution in [0.25, 0.3) is 0 Å². The molecule has 0 aromatic rings. The summed E-state index contributed by atoms with van der Waals surface area (Å²) < 4.78 is 0. The fourth-order valence-corrected chi connectivity index (χ4v) is 2.86. The van der Waals surface area contributed by atoms with Crippen LogP contribution < -0.4 is 17.2 Å². The third kappa shape index (κ3) is 11.7. The molecular weight excluding hydrogens is 246 g/mol. The molecule has 122 valence electrons. The van der Waals surface area contributed by atoms with Crippen LogP contribution in [0.4, 0.5) is 0 Å². The molecule has 0 fully saturated rings. The van der Waals surface area contributed by atoms with Crippen molar-refractivity contribution < 1.29 is 0 Å². The van der Waals surface area contributed by atoms with E-state index in [-0.39, 0.29) is 5.54 Å². The van der Waals surface area contributed by atoms with Gasteiger partial charge in [0.15, 0.2) is 0 Å². The zero-order chi connectivity index (χ0) is 15.3. The molecule has 0 spiro atoms. The lowest BCUT2D eigenvalue weighted by molar-refractivity contribution is 0.334. The van der Waals surface area contributed by atoms with Gasteiger partial charge in [-0.05, 0) is 38.3 Å². The molecule has 0 aliphatic carbocycles. The Balaban J connectivity index is 3.45. The average Bonchev–Trinajstić information content (AvgIpc) is 2.37. The number of unbranched alkanes of at least 4 members (excludes halogenated alkanes) is 6. The standard InChI is InChI=1S/C17H39N3/c1-16(2)10-8-6-4-3-5-7-9-11-17(20,12-14-18)13-15-19/h16H,3-15,18-20H2,1-2H3. The van der Waals surface area contributed by atoms with Crippen LogP contribution in [0, 0.1) is 5.92 Å². The number of hydrogen-bond acceptors (Lipinski definition) is 3. The first-order valence-electron chi connectivity index (χ1n) is 8.73. The van der Waals surface area contributed by atoms with Crippen LogP contribution in [0.5, 0.6) is 0 Å². The quantitative estimate of drug-likeness (QED) is 0.427. The second-order valence-corrected chi connectivity index (χ2v) is 6.85. The summed E-state index contributed by atoms with van der Waals surface area (Å²) in [5.74, 6) is 0.859. The Hall–Kier alpha value is -0.120. The minimum atomic E-state index is -0.110. The predicted octanol–water partition coefficient (Wildman–Crippen LogP) is 3.55. The zero-order valence-corrected chi connectivity index (χ0v) is 14.0. The molecule has 0 saturated heterocycles. The van der Waals surface area contributed by atoms with E-state index in [2.05, 4.69) is 13.8 Å². The molecule has 0 saturated carbocycles. The van der Waals surface area contributed by atoms with Gasteiger partial charge in [-0.2, -0.15) is 0 Å². The highest BCUT2D eigenvalue weighted by Crippen LogP contribution is 2.20. The Bertz CT molecular complexity index is 198. The van der Waals surface area contributed by atoms with E-state index in [0.29, 0.717) is 13.1 Å². The molecule has 0 radical (unpaired) electrons. The van der Waals surface area contributed by atoms with Crippen molar-refractivity contribution in [3.8, 4) is 0 Å². The van der Waals surface area contributed by atoms with Gasteiger partial charge >= 0.3 is 0 Å². The molecule has 0 aliphatic rings. The number of nitrogens with two attached hydrogens (primary N) is 3. The molecule has 3 nitrogen and oxygen atoms in total. The summed E-state index contributed by atoms with van der Waals surface area (Å²) in [6.45, 7) is 5.96. The number of hydrogen-bond donors (Lipinski definition) is 3. The van der Waals surface area contributed by atoms with Crippen molar-refractivity contribution in [2.45, 2.75) is 90.0 Å². The van der Waals surface area contributed by atoms with Crippen molar-refractivity contribution in [1.82, 2.24) is 0 Å². The van der Waals surface area contributed by atoms with E-state index in [1.165, 1.54) is 51.4 Å². The first kappa shape index (κ1) is 19.9. The molecule has 20 heavy (non-hydrogen) atoms. The van der Waals surface area contributed by atoms with Gasteiger partial charge in [-0.25, -0.2) is 0 Å². The van der Waals surface area contributed by atoms with Crippen LogP contribution in [0.15, 0.2) is 0 Å². The molecule has 0 heterocycles. The predicted molar refractivity (Wildman–Crippen MR) is 90.7 cm³/mol. The van der Waals surface area contributed by atoms with Crippen LogP contribution in [-0.2, 0) is 0 Å². The van der Waals surface area contributed by atoms with Crippen molar-refractivity contribution >= 4 is 0 Å². The third-order valence-electron chi connectivity index (χ3n) is 4.24. The summed E-state index contributed by atoms with van der Waals surface area (Å²) in [5, 5.41) is 0. The van der Waals surface area contributed by atoms with Gasteiger partial charge in [0.25, 0.3) is 0 Å². The molecule has 0 atom stereocenters. The second kappa shape index (κ2) is 12.6. The van der Waals surface area contributed by atoms with Crippen molar-refractivity contribution in [3.63, 3.8) is 0 Å². The SMILES string of the molecule is CC(C)CCCCCCCCCC(N)(CCN)CCN. The van der Waals surface area contributed by atoms with E-state index in [1.807, 2.05) is 0 Å². The van der Waals surface area contributed by atoms with E-state index in [4.69, 9.17) is 17.2 Å². The Morgan fingerprint density at radius 3 is 1.60 bits per heavy atom. The largest absolute Gasteiger partial charge is 0.330 e. The van der Waals surface area contributed by atoms with Crippen molar-refractivity contribution in [2.75, 3.05) is 13.1 Å². The Labute approximate surface area is 127 Å². The highest BCUT2D eigenvalue weighted by molar-refractivity contribution is 4.84. The summed E-state index contributed by atoms with van der Waals surface area (Å²) >= 11 is 0. The molecular formula is C17H39N3. The van der Waals surface area contributed by atoms with Crippen LogP contribution in [0.1, 0.15) is 84.5 Å². The Morgan fingerprint density at radius 2 is 1.15 bits per heavy atom. The van der Waals surface area contributed by atoms with E-state index in [0.717, 1.165) is 25.2 Å². The molecule has 3 heteroatoms. The lowest BCUT2D eigenvalue weighted by Crippen LogP contribution is -2.43. The van der Waals surface area contributed by atoms with Gasteiger partial charge in [0, 0.05) is 5.54 Å². The lowest BCUT2D eigenvalue weighted by Gasteiger charge is -2.28. The summed E-state index contributed by atoms with van der Waals surface area (Å²) in [7, 11) is 0. The van der Waals surface area contributed by atoms with Crippen molar-refractivity contribution in [1.29, 1.82) is 0 Å². The normalized spacial score (nSPS) is 12.3. The third-order valence-corrected chi connectivity index (χ3v) is 4.24. The minimum Gasteiger partial charge on any atom is -0.330 e. The fourth-order valence-electron chi connectivity index (χ4n) is 2.86. The van der Waals surface area contributed by atoms with Crippen LogP contribution in [0.3, 0.4) is 0 Å². The maximum Gasteiger partial charge on any atom is 0.0178 e. The topological polar surface area (TPSA) is 78.1 Å². The van der Waals surface area contributed by atoms with Gasteiger partial charge < -0.3 is 17.2 Å². The Kier molecular flexibility index (Phi) is 12.5. The van der Waals surface area contributed by atoms with E-state index in [9.17, 15) is 0 Å². The van der Waals surface area contributed by atoms with Gasteiger partial charge in [0.05, 0.1) is 0 Å². The first-order chi connectivity index (χ1) is 9.54. The maximum atomic E-state index is 6.37. The van der Waals surface area contributed by atoms with Crippen LogP contribution in [-0.4, -0.2) is 18.6 Å². The molecule has 0 unspecified atom stereocenters. The zero-order valence-electron chi connectivity index (χ0n) is 14.0. The smallest absolute Gasteiger partial charge is 0.0178 e. The Morgan fingerprint density at radius 1 is 0.700 bits per heavy atom. The number of rotatable bonds is 14. The van der Waals surface area contributed by atoms with E-state index >= 15 is 0 Å². The molecule has 0 aliphatic heterocycles. The molecule has 6 N–H and O–H groups in total. The first-order valence-corrected chi connectivity index (χ1v) is 8.73. The van der Waals surface area contributed by atoms with Gasteiger partial charge in [-0.1, -0.05) is 65.2 Å². The van der Waals surface area contributed by atoms with Crippen molar-refractivity contribution in [3.05, 3.63) is 0 Å². The molecule has 0 amide bonds. The van der Waals surface area contributed by atoms with Gasteiger partial charge in [0.1, 0.15) is 0 Å². The average molecular weight is 286 g/mol. The van der Waals surface area contributed by atoms with Gasteiger partial charge in [-0.3, -0.25) is 0 Å². The monoisotopic (exact) mass is 285 g/mol. The molecule has 0 bridgehead atoms. The van der Waals surface area contributed by atoms with Crippen molar-refractivity contribution in [2.24, 2.45) is 23.1 Å². The van der Waals surface area contributed by atoms with Crippen LogP contribution in [0.2, 0.25) is 0 Å². The summed E-state index contributed by atoms with van der Waals surface area (Å²) in [6.07, 6.45) is 13.7. The van der Waals surface area contributed by atoms with E-state index in [1.54, 1.807) is 0 Å². The highest BCUT2D eigenvalue weighted by Gasteiger charge is 2.22. The summed E-state index contributed by atoms with van der Waals surface area (Å²) in [4.78, 5) is 0. The van der Waals surface area contributed by atoms with E-state index < -0.39 is 0 Å². The van der Waals surface area contributed by atoms with Gasteiger partial charge in [0.2, 0.25) is 0 Å². The lowest BCUT2D eigenvalue weighted by atomic mass is 9.86. The highest BCUT2D eigenvalue weighted by atomic mass is 14.8. The van der Waals surface area contributed by atoms with Gasteiger partial charge in [-0.15, -0.1) is 0 Å². The maximum absolute atomic E-state index is 6.37. The molecule has 0 rings (SSSR count). The minimum absolute atomic E-state index is 0.110. The molecule has 0 aromatic heterocycles.